The van der Waals surface area contributed by atoms with Crippen molar-refractivity contribution in [1.82, 2.24) is 0 Å². The van der Waals surface area contributed by atoms with Crippen LogP contribution in [-0.4, -0.2) is 5.88 Å². The molecule has 1 aliphatic rings. The highest BCUT2D eigenvalue weighted by Gasteiger charge is 2.36. The molecule has 2 aromatic rings. The normalized spacial score (nSPS) is 21.1. The molecule has 0 N–H and O–H groups in total. The minimum atomic E-state index is -0.241. The van der Waals surface area contributed by atoms with E-state index in [1.807, 2.05) is 6.07 Å². The summed E-state index contributed by atoms with van der Waals surface area (Å²) in [6.07, 6.45) is 3.79. The Balaban J connectivity index is 2.02. The molecule has 0 amide bonds. The van der Waals surface area contributed by atoms with Crippen molar-refractivity contribution in [2.75, 3.05) is 5.88 Å². The van der Waals surface area contributed by atoms with E-state index in [1.165, 1.54) is 17.2 Å². The van der Waals surface area contributed by atoms with E-state index in [1.54, 1.807) is 12.1 Å². The summed E-state index contributed by atoms with van der Waals surface area (Å²) in [6.45, 7) is 0. The summed E-state index contributed by atoms with van der Waals surface area (Å²) in [6, 6.07) is 13.3. The van der Waals surface area contributed by atoms with E-state index in [-0.39, 0.29) is 11.2 Å². The van der Waals surface area contributed by atoms with Gasteiger partial charge < -0.3 is 0 Å². The quantitative estimate of drug-likeness (QED) is 0.651. The predicted octanol–water partition coefficient (Wildman–Crippen LogP) is 5.53. The molecule has 0 saturated carbocycles. The summed E-state index contributed by atoms with van der Waals surface area (Å²) in [5.41, 5.74) is 3.14. The monoisotopic (exact) mass is 322 g/mol. The van der Waals surface area contributed by atoms with Gasteiger partial charge in [0, 0.05) is 16.3 Å². The highest BCUT2D eigenvalue weighted by molar-refractivity contribution is 6.30. The maximum Gasteiger partial charge on any atom is 0.127 e. The number of benzene rings is 2. The molecule has 0 bridgehead atoms. The highest BCUT2D eigenvalue weighted by atomic mass is 35.5. The van der Waals surface area contributed by atoms with Gasteiger partial charge in [-0.05, 0) is 54.5 Å². The van der Waals surface area contributed by atoms with Crippen LogP contribution < -0.4 is 0 Å². The van der Waals surface area contributed by atoms with E-state index in [0.29, 0.717) is 22.9 Å². The van der Waals surface area contributed by atoms with E-state index < -0.39 is 0 Å². The Bertz CT molecular complexity index is 653. The average Bonchev–Trinajstić information content (AvgIpc) is 2.50. The van der Waals surface area contributed by atoms with Crippen LogP contribution in [0.15, 0.2) is 42.5 Å². The summed E-state index contributed by atoms with van der Waals surface area (Å²) < 4.78 is 14.2. The van der Waals surface area contributed by atoms with Gasteiger partial charge in [-0.1, -0.05) is 41.9 Å². The third kappa shape index (κ3) is 2.82. The lowest BCUT2D eigenvalue weighted by atomic mass is 9.68. The highest BCUT2D eigenvalue weighted by Crippen LogP contribution is 2.41. The largest absolute Gasteiger partial charge is 0.207 e. The van der Waals surface area contributed by atoms with E-state index >= 15 is 0 Å². The molecule has 0 fully saturated rings. The lowest BCUT2D eigenvalue weighted by molar-refractivity contribution is 0.390. The summed E-state index contributed by atoms with van der Waals surface area (Å²) in [5.74, 6) is 0.265. The summed E-state index contributed by atoms with van der Waals surface area (Å²) in [5, 5.41) is 0.431. The average molecular weight is 323 g/mol. The molecule has 0 heterocycles. The molecule has 3 heteroatoms. The number of alkyl halides is 1. The van der Waals surface area contributed by atoms with Gasteiger partial charge in [-0.15, -0.1) is 11.6 Å². The first kappa shape index (κ1) is 14.9. The van der Waals surface area contributed by atoms with E-state index in [4.69, 9.17) is 23.2 Å². The molecule has 0 aliphatic heterocycles. The number of aryl methyl sites for hydroxylation is 1. The second kappa shape index (κ2) is 5.98. The van der Waals surface area contributed by atoms with Gasteiger partial charge in [-0.25, -0.2) is 4.39 Å². The van der Waals surface area contributed by atoms with Crippen molar-refractivity contribution in [2.45, 2.75) is 31.1 Å². The number of hydrogen-bond donors (Lipinski definition) is 0. The van der Waals surface area contributed by atoms with Gasteiger partial charge >= 0.3 is 0 Å². The van der Waals surface area contributed by atoms with E-state index in [0.717, 1.165) is 19.3 Å². The molecule has 0 saturated heterocycles. The molecule has 3 rings (SSSR count). The molecule has 1 atom stereocenters. The summed E-state index contributed by atoms with van der Waals surface area (Å²) >= 11 is 12.2. The zero-order chi connectivity index (χ0) is 14.9. The Labute approximate surface area is 134 Å². The first-order chi connectivity index (χ1) is 10.1. The SMILES string of the molecule is Fc1cc(Cl)ccc1CC1(CCl)CCCc2ccccc21. The second-order valence-corrected chi connectivity index (χ2v) is 6.54. The number of fused-ring (bicyclic) bond motifs is 1. The second-order valence-electron chi connectivity index (χ2n) is 5.84. The van der Waals surface area contributed by atoms with Crippen LogP contribution in [0.2, 0.25) is 5.02 Å². The summed E-state index contributed by atoms with van der Waals surface area (Å²) in [4.78, 5) is 0. The van der Waals surface area contributed by atoms with Gasteiger partial charge in [0.05, 0.1) is 0 Å². The molecular weight excluding hydrogens is 306 g/mol. The van der Waals surface area contributed by atoms with Gasteiger partial charge in [0.25, 0.3) is 0 Å². The molecule has 21 heavy (non-hydrogen) atoms. The van der Waals surface area contributed by atoms with Crippen LogP contribution in [0, 0.1) is 5.82 Å². The Morgan fingerprint density at radius 2 is 1.95 bits per heavy atom. The zero-order valence-electron chi connectivity index (χ0n) is 11.7. The van der Waals surface area contributed by atoms with Gasteiger partial charge in [-0.2, -0.15) is 0 Å². The van der Waals surface area contributed by atoms with Crippen molar-refractivity contribution in [3.63, 3.8) is 0 Å². The molecular formula is C18H17Cl2F. The van der Waals surface area contributed by atoms with Crippen molar-refractivity contribution < 1.29 is 4.39 Å². The van der Waals surface area contributed by atoms with Crippen LogP contribution >= 0.6 is 23.2 Å². The van der Waals surface area contributed by atoms with Crippen molar-refractivity contribution >= 4 is 23.2 Å². The van der Waals surface area contributed by atoms with Crippen LogP contribution in [0.4, 0.5) is 4.39 Å². The van der Waals surface area contributed by atoms with Crippen LogP contribution in [-0.2, 0) is 18.3 Å². The molecule has 1 unspecified atom stereocenters. The third-order valence-corrected chi connectivity index (χ3v) is 5.24. The van der Waals surface area contributed by atoms with Gasteiger partial charge in [-0.3, -0.25) is 0 Å². The maximum absolute atomic E-state index is 14.2. The molecule has 2 aromatic carbocycles. The fraction of sp³-hybridized carbons (Fsp3) is 0.333. The van der Waals surface area contributed by atoms with Crippen LogP contribution in [0.25, 0.3) is 0 Å². The third-order valence-electron chi connectivity index (χ3n) is 4.49. The minimum Gasteiger partial charge on any atom is -0.207 e. The Kier molecular flexibility index (Phi) is 4.24. The maximum atomic E-state index is 14.2. The predicted molar refractivity (Wildman–Crippen MR) is 86.9 cm³/mol. The number of hydrogen-bond acceptors (Lipinski definition) is 0. The van der Waals surface area contributed by atoms with Crippen molar-refractivity contribution in [3.05, 3.63) is 70.0 Å². The molecule has 0 spiro atoms. The first-order valence-corrected chi connectivity index (χ1v) is 8.14. The molecule has 0 aromatic heterocycles. The smallest absolute Gasteiger partial charge is 0.127 e. The fourth-order valence-electron chi connectivity index (χ4n) is 3.41. The van der Waals surface area contributed by atoms with E-state index in [2.05, 4.69) is 18.2 Å². The van der Waals surface area contributed by atoms with Gasteiger partial charge in [0.1, 0.15) is 5.82 Å². The Morgan fingerprint density at radius 1 is 1.14 bits per heavy atom. The molecule has 0 nitrogen and oxygen atoms in total. The van der Waals surface area contributed by atoms with E-state index in [9.17, 15) is 4.39 Å². The Hall–Kier alpha value is -1.05. The lowest BCUT2D eigenvalue weighted by Crippen LogP contribution is -2.35. The topological polar surface area (TPSA) is 0 Å². The van der Waals surface area contributed by atoms with Crippen molar-refractivity contribution in [1.29, 1.82) is 0 Å². The lowest BCUT2D eigenvalue weighted by Gasteiger charge is -2.38. The summed E-state index contributed by atoms with van der Waals surface area (Å²) in [7, 11) is 0. The zero-order valence-corrected chi connectivity index (χ0v) is 13.2. The molecule has 110 valence electrons. The standard InChI is InChI=1S/C18H17Cl2F/c19-12-18(11-14-7-8-15(20)10-17(14)21)9-3-5-13-4-1-2-6-16(13)18/h1-2,4,6-8,10H,3,5,9,11-12H2. The van der Waals surface area contributed by atoms with Crippen molar-refractivity contribution in [2.24, 2.45) is 0 Å². The number of rotatable bonds is 3. The van der Waals surface area contributed by atoms with Crippen LogP contribution in [0.3, 0.4) is 0 Å². The fourth-order valence-corrected chi connectivity index (χ4v) is 3.94. The first-order valence-electron chi connectivity index (χ1n) is 7.23. The van der Waals surface area contributed by atoms with Gasteiger partial charge in [0.2, 0.25) is 0 Å². The van der Waals surface area contributed by atoms with Crippen LogP contribution in [0.5, 0.6) is 0 Å². The minimum absolute atomic E-state index is 0.176. The number of halogens is 3. The molecule has 0 radical (unpaired) electrons. The van der Waals surface area contributed by atoms with Crippen LogP contribution in [0.1, 0.15) is 29.5 Å². The van der Waals surface area contributed by atoms with Crippen molar-refractivity contribution in [3.8, 4) is 0 Å². The van der Waals surface area contributed by atoms with Gasteiger partial charge in [0.15, 0.2) is 0 Å². The molecule has 1 aliphatic carbocycles. The Morgan fingerprint density at radius 3 is 2.71 bits per heavy atom.